The third-order valence-electron chi connectivity index (χ3n) is 3.36. The van der Waals surface area contributed by atoms with Gasteiger partial charge in [0.05, 0.1) is 12.7 Å². The van der Waals surface area contributed by atoms with E-state index in [2.05, 4.69) is 15.6 Å². The number of anilines is 1. The van der Waals surface area contributed by atoms with Gasteiger partial charge in [0.15, 0.2) is 0 Å². The Morgan fingerprint density at radius 2 is 2.26 bits per heavy atom. The Bertz CT molecular complexity index is 618. The van der Waals surface area contributed by atoms with Gasteiger partial charge in [-0.3, -0.25) is 4.79 Å². The number of benzene rings is 1. The summed E-state index contributed by atoms with van der Waals surface area (Å²) in [6.07, 6.45) is 1.72. The number of nitrogens with zero attached hydrogens (tertiary/aromatic N) is 2. The Kier molecular flexibility index (Phi) is 3.05. The zero-order chi connectivity index (χ0) is 13.2. The highest BCUT2D eigenvalue weighted by molar-refractivity contribution is 6.04. The highest BCUT2D eigenvalue weighted by Gasteiger charge is 2.16. The average molecular weight is 256 g/mol. The van der Waals surface area contributed by atoms with Crippen LogP contribution in [0.2, 0.25) is 0 Å². The molecule has 5 nitrogen and oxygen atoms in total. The first kappa shape index (κ1) is 11.9. The minimum Gasteiger partial charge on any atom is -0.312 e. The summed E-state index contributed by atoms with van der Waals surface area (Å²) in [6.45, 7) is 4.42. The summed E-state index contributed by atoms with van der Waals surface area (Å²) < 4.78 is 2.05. The summed E-state index contributed by atoms with van der Waals surface area (Å²) in [5.41, 5.74) is 1.67. The van der Waals surface area contributed by atoms with Gasteiger partial charge in [0.1, 0.15) is 11.6 Å². The lowest BCUT2D eigenvalue weighted by Gasteiger charge is -2.17. The van der Waals surface area contributed by atoms with Crippen LogP contribution in [-0.4, -0.2) is 22.0 Å². The fourth-order valence-electron chi connectivity index (χ4n) is 2.31. The molecule has 2 N–H and O–H groups in total. The summed E-state index contributed by atoms with van der Waals surface area (Å²) in [5, 5.41) is 6.19. The first-order chi connectivity index (χ1) is 9.25. The summed E-state index contributed by atoms with van der Waals surface area (Å²) in [4.78, 5) is 16.6. The minimum absolute atomic E-state index is 0.0840. The third kappa shape index (κ3) is 2.24. The largest absolute Gasteiger partial charge is 0.312 e. The molecule has 0 spiro atoms. The van der Waals surface area contributed by atoms with E-state index in [0.29, 0.717) is 5.56 Å². The quantitative estimate of drug-likeness (QED) is 0.857. The van der Waals surface area contributed by atoms with E-state index < -0.39 is 0 Å². The fraction of sp³-hybridized carbons (Fsp3) is 0.286. The topological polar surface area (TPSA) is 59.0 Å². The van der Waals surface area contributed by atoms with Crippen LogP contribution in [0, 0.1) is 6.92 Å². The number of rotatable bonds is 2. The molecular formula is C14H16N4O. The number of hydrogen-bond acceptors (Lipinski definition) is 3. The number of aromatic nitrogens is 2. The van der Waals surface area contributed by atoms with Crippen molar-refractivity contribution in [3.8, 4) is 0 Å². The van der Waals surface area contributed by atoms with Gasteiger partial charge in [-0.05, 0) is 18.6 Å². The maximum Gasteiger partial charge on any atom is 0.257 e. The highest BCUT2D eigenvalue weighted by Crippen LogP contribution is 2.16. The third-order valence-corrected chi connectivity index (χ3v) is 3.36. The molecule has 0 saturated heterocycles. The van der Waals surface area contributed by atoms with Crippen molar-refractivity contribution in [1.82, 2.24) is 14.9 Å². The lowest BCUT2D eigenvalue weighted by molar-refractivity contribution is 0.102. The molecule has 5 heteroatoms. The molecule has 0 aliphatic carbocycles. The van der Waals surface area contributed by atoms with E-state index >= 15 is 0 Å². The number of imidazole rings is 1. The molecule has 3 rings (SSSR count). The molecule has 2 heterocycles. The molecule has 1 aliphatic heterocycles. The maximum atomic E-state index is 12.3. The maximum absolute atomic E-state index is 12.3. The Morgan fingerprint density at radius 1 is 1.42 bits per heavy atom. The second-order valence-electron chi connectivity index (χ2n) is 4.66. The standard InChI is InChI=1S/C14H16N4O/c1-10-4-2-3-5-11(10)14(19)17-13-9-16-12-8-15-6-7-18(12)13/h2-5,9,15H,6-8H2,1H3,(H,17,19). The molecule has 1 aromatic heterocycles. The smallest absolute Gasteiger partial charge is 0.257 e. The van der Waals surface area contributed by atoms with Crippen LogP contribution in [0.3, 0.4) is 0 Å². The zero-order valence-electron chi connectivity index (χ0n) is 10.8. The molecule has 0 bridgehead atoms. The second-order valence-corrected chi connectivity index (χ2v) is 4.66. The molecule has 0 radical (unpaired) electrons. The molecule has 2 aromatic rings. The van der Waals surface area contributed by atoms with E-state index in [1.807, 2.05) is 35.8 Å². The van der Waals surface area contributed by atoms with Gasteiger partial charge in [-0.25, -0.2) is 4.98 Å². The number of carbonyl (C=O) groups excluding carboxylic acids is 1. The van der Waals surface area contributed by atoms with Crippen molar-refractivity contribution >= 4 is 11.7 Å². The summed E-state index contributed by atoms with van der Waals surface area (Å²) in [6, 6.07) is 7.57. The molecule has 19 heavy (non-hydrogen) atoms. The molecule has 0 saturated carbocycles. The van der Waals surface area contributed by atoms with Crippen molar-refractivity contribution in [2.45, 2.75) is 20.0 Å². The van der Waals surface area contributed by atoms with Crippen LogP contribution in [-0.2, 0) is 13.1 Å². The normalized spacial score (nSPS) is 13.9. The van der Waals surface area contributed by atoms with Crippen LogP contribution in [0.1, 0.15) is 21.7 Å². The Hall–Kier alpha value is -2.14. The lowest BCUT2D eigenvalue weighted by Crippen LogP contribution is -2.29. The van der Waals surface area contributed by atoms with Gasteiger partial charge < -0.3 is 15.2 Å². The van der Waals surface area contributed by atoms with Gasteiger partial charge in [-0.2, -0.15) is 0 Å². The molecule has 0 atom stereocenters. The van der Waals surface area contributed by atoms with E-state index in [-0.39, 0.29) is 5.91 Å². The summed E-state index contributed by atoms with van der Waals surface area (Å²) in [5.74, 6) is 1.65. The van der Waals surface area contributed by atoms with Crippen molar-refractivity contribution in [2.75, 3.05) is 11.9 Å². The number of aryl methyl sites for hydroxylation is 1. The number of fused-ring (bicyclic) bond motifs is 1. The molecule has 1 amide bonds. The van der Waals surface area contributed by atoms with Crippen molar-refractivity contribution in [1.29, 1.82) is 0 Å². The molecule has 98 valence electrons. The van der Waals surface area contributed by atoms with E-state index in [0.717, 1.165) is 36.8 Å². The van der Waals surface area contributed by atoms with Gasteiger partial charge in [0, 0.05) is 18.7 Å². The monoisotopic (exact) mass is 256 g/mol. The van der Waals surface area contributed by atoms with E-state index in [4.69, 9.17) is 0 Å². The molecule has 1 aliphatic rings. The number of hydrogen-bond donors (Lipinski definition) is 2. The van der Waals surface area contributed by atoms with Gasteiger partial charge in [-0.15, -0.1) is 0 Å². The lowest BCUT2D eigenvalue weighted by atomic mass is 10.1. The van der Waals surface area contributed by atoms with Gasteiger partial charge in [-0.1, -0.05) is 18.2 Å². The number of nitrogens with one attached hydrogen (secondary N) is 2. The summed E-state index contributed by atoms with van der Waals surface area (Å²) in [7, 11) is 0. The predicted molar refractivity (Wildman–Crippen MR) is 73.1 cm³/mol. The summed E-state index contributed by atoms with van der Waals surface area (Å²) >= 11 is 0. The highest BCUT2D eigenvalue weighted by atomic mass is 16.1. The molecular weight excluding hydrogens is 240 g/mol. The van der Waals surface area contributed by atoms with E-state index in [9.17, 15) is 4.79 Å². The second kappa shape index (κ2) is 4.85. The molecule has 0 fully saturated rings. The average Bonchev–Trinajstić information content (AvgIpc) is 2.83. The SMILES string of the molecule is Cc1ccccc1C(=O)Nc1cnc2n1CCNC2. The van der Waals surface area contributed by atoms with Crippen molar-refractivity contribution in [2.24, 2.45) is 0 Å². The van der Waals surface area contributed by atoms with Crippen LogP contribution < -0.4 is 10.6 Å². The van der Waals surface area contributed by atoms with Crippen LogP contribution in [0.4, 0.5) is 5.82 Å². The van der Waals surface area contributed by atoms with E-state index in [1.54, 1.807) is 6.20 Å². The van der Waals surface area contributed by atoms with Crippen LogP contribution in [0.5, 0.6) is 0 Å². The van der Waals surface area contributed by atoms with Gasteiger partial charge in [0.2, 0.25) is 0 Å². The zero-order valence-corrected chi connectivity index (χ0v) is 10.8. The number of carbonyl (C=O) groups is 1. The molecule has 0 unspecified atom stereocenters. The molecule has 1 aromatic carbocycles. The van der Waals surface area contributed by atoms with Crippen molar-refractivity contribution in [3.05, 3.63) is 47.4 Å². The Morgan fingerprint density at radius 3 is 3.11 bits per heavy atom. The van der Waals surface area contributed by atoms with Crippen molar-refractivity contribution in [3.63, 3.8) is 0 Å². The Labute approximate surface area is 111 Å². The predicted octanol–water partition coefficient (Wildman–Crippen LogP) is 1.55. The minimum atomic E-state index is -0.0840. The fourth-order valence-corrected chi connectivity index (χ4v) is 2.31. The van der Waals surface area contributed by atoms with E-state index in [1.165, 1.54) is 0 Å². The van der Waals surface area contributed by atoms with Crippen LogP contribution >= 0.6 is 0 Å². The van der Waals surface area contributed by atoms with Crippen molar-refractivity contribution < 1.29 is 4.79 Å². The van der Waals surface area contributed by atoms with Crippen LogP contribution in [0.15, 0.2) is 30.5 Å². The van der Waals surface area contributed by atoms with Crippen LogP contribution in [0.25, 0.3) is 0 Å². The Balaban J connectivity index is 1.84. The van der Waals surface area contributed by atoms with Gasteiger partial charge in [0.25, 0.3) is 5.91 Å². The first-order valence-electron chi connectivity index (χ1n) is 6.38. The first-order valence-corrected chi connectivity index (χ1v) is 6.38. The van der Waals surface area contributed by atoms with Gasteiger partial charge >= 0.3 is 0 Å². The number of amides is 1.